The first-order valence-corrected chi connectivity index (χ1v) is 8.27. The van der Waals surface area contributed by atoms with Gasteiger partial charge in [-0.3, -0.25) is 9.59 Å². The number of carbonyl (C=O) groups excluding carboxylic acids is 2. The van der Waals surface area contributed by atoms with Crippen LogP contribution in [0.4, 0.5) is 0 Å². The SMILES string of the molecule is CC(C)C(=O)N1CCN(C(=O)CC2(N)CCCCC2)CC1. The highest BCUT2D eigenvalue weighted by Crippen LogP contribution is 2.29. The number of hydrogen-bond acceptors (Lipinski definition) is 3. The van der Waals surface area contributed by atoms with Crippen molar-refractivity contribution in [1.82, 2.24) is 9.80 Å². The van der Waals surface area contributed by atoms with Crippen LogP contribution in [0.2, 0.25) is 0 Å². The van der Waals surface area contributed by atoms with Gasteiger partial charge in [-0.2, -0.15) is 0 Å². The number of nitrogens with zero attached hydrogens (tertiary/aromatic N) is 2. The van der Waals surface area contributed by atoms with Crippen molar-refractivity contribution in [2.24, 2.45) is 11.7 Å². The topological polar surface area (TPSA) is 66.6 Å². The summed E-state index contributed by atoms with van der Waals surface area (Å²) in [7, 11) is 0. The summed E-state index contributed by atoms with van der Waals surface area (Å²) in [4.78, 5) is 28.1. The van der Waals surface area contributed by atoms with Crippen LogP contribution in [0.5, 0.6) is 0 Å². The number of piperazine rings is 1. The molecule has 5 nitrogen and oxygen atoms in total. The quantitative estimate of drug-likeness (QED) is 0.855. The fourth-order valence-electron chi connectivity index (χ4n) is 3.39. The standard InChI is InChI=1S/C16H29N3O2/c1-13(2)15(21)19-10-8-18(9-11-19)14(20)12-16(17)6-4-3-5-7-16/h13H,3-12,17H2,1-2H3. The zero-order valence-electron chi connectivity index (χ0n) is 13.4. The average Bonchev–Trinajstić information content (AvgIpc) is 2.46. The Morgan fingerprint density at radius 3 is 2.05 bits per heavy atom. The molecule has 0 aromatic heterocycles. The van der Waals surface area contributed by atoms with E-state index < -0.39 is 0 Å². The van der Waals surface area contributed by atoms with Crippen molar-refractivity contribution >= 4 is 11.8 Å². The maximum Gasteiger partial charge on any atom is 0.225 e. The van der Waals surface area contributed by atoms with E-state index in [1.807, 2.05) is 23.6 Å². The highest BCUT2D eigenvalue weighted by Gasteiger charge is 2.33. The second kappa shape index (κ2) is 6.77. The minimum Gasteiger partial charge on any atom is -0.339 e. The fourth-order valence-corrected chi connectivity index (χ4v) is 3.39. The van der Waals surface area contributed by atoms with E-state index in [0.717, 1.165) is 25.7 Å². The van der Waals surface area contributed by atoms with Crippen molar-refractivity contribution in [3.8, 4) is 0 Å². The van der Waals surface area contributed by atoms with Crippen LogP contribution in [0.15, 0.2) is 0 Å². The second-order valence-corrected chi connectivity index (χ2v) is 6.96. The summed E-state index contributed by atoms with van der Waals surface area (Å²) in [5, 5.41) is 0. The monoisotopic (exact) mass is 295 g/mol. The van der Waals surface area contributed by atoms with Gasteiger partial charge in [0, 0.05) is 44.1 Å². The molecule has 0 aromatic rings. The number of hydrogen-bond donors (Lipinski definition) is 1. The molecule has 0 bridgehead atoms. The molecule has 120 valence electrons. The van der Waals surface area contributed by atoms with Gasteiger partial charge in [0.15, 0.2) is 0 Å². The van der Waals surface area contributed by atoms with Gasteiger partial charge in [0.05, 0.1) is 0 Å². The Morgan fingerprint density at radius 1 is 1.00 bits per heavy atom. The van der Waals surface area contributed by atoms with Gasteiger partial charge in [-0.1, -0.05) is 33.1 Å². The smallest absolute Gasteiger partial charge is 0.225 e. The van der Waals surface area contributed by atoms with Crippen LogP contribution >= 0.6 is 0 Å². The molecule has 0 atom stereocenters. The Labute approximate surface area is 127 Å². The summed E-state index contributed by atoms with van der Waals surface area (Å²) < 4.78 is 0. The van der Waals surface area contributed by atoms with Crippen LogP contribution in [0.3, 0.4) is 0 Å². The molecule has 1 saturated heterocycles. The van der Waals surface area contributed by atoms with E-state index in [4.69, 9.17) is 5.73 Å². The maximum absolute atomic E-state index is 12.4. The Bertz CT molecular complexity index is 381. The maximum atomic E-state index is 12.4. The molecule has 1 aliphatic heterocycles. The lowest BCUT2D eigenvalue weighted by molar-refractivity contribution is -0.142. The van der Waals surface area contributed by atoms with Crippen molar-refractivity contribution in [3.05, 3.63) is 0 Å². The minimum atomic E-state index is -0.291. The predicted molar refractivity (Wildman–Crippen MR) is 82.6 cm³/mol. The van der Waals surface area contributed by atoms with Crippen LogP contribution in [-0.2, 0) is 9.59 Å². The number of amides is 2. The summed E-state index contributed by atoms with van der Waals surface area (Å²) in [6, 6.07) is 0. The van der Waals surface area contributed by atoms with Crippen LogP contribution in [-0.4, -0.2) is 53.3 Å². The molecular formula is C16H29N3O2. The molecule has 0 radical (unpaired) electrons. The highest BCUT2D eigenvalue weighted by molar-refractivity contribution is 5.80. The largest absolute Gasteiger partial charge is 0.339 e. The summed E-state index contributed by atoms with van der Waals surface area (Å²) in [6.07, 6.45) is 5.91. The van der Waals surface area contributed by atoms with Crippen LogP contribution in [0.1, 0.15) is 52.4 Å². The third kappa shape index (κ3) is 4.19. The van der Waals surface area contributed by atoms with Gasteiger partial charge < -0.3 is 15.5 Å². The molecule has 1 aliphatic carbocycles. The fraction of sp³-hybridized carbons (Fsp3) is 0.875. The van der Waals surface area contributed by atoms with Crippen molar-refractivity contribution in [1.29, 1.82) is 0 Å². The van der Waals surface area contributed by atoms with Gasteiger partial charge in [-0.15, -0.1) is 0 Å². The van der Waals surface area contributed by atoms with Gasteiger partial charge in [0.25, 0.3) is 0 Å². The first kappa shape index (κ1) is 16.3. The van der Waals surface area contributed by atoms with Crippen molar-refractivity contribution in [2.75, 3.05) is 26.2 Å². The Hall–Kier alpha value is -1.10. The second-order valence-electron chi connectivity index (χ2n) is 6.96. The molecule has 0 unspecified atom stereocenters. The molecule has 1 heterocycles. The van der Waals surface area contributed by atoms with Gasteiger partial charge in [0.1, 0.15) is 0 Å². The van der Waals surface area contributed by atoms with Crippen LogP contribution in [0.25, 0.3) is 0 Å². The minimum absolute atomic E-state index is 0.0294. The van der Waals surface area contributed by atoms with E-state index >= 15 is 0 Å². The average molecular weight is 295 g/mol. The molecule has 1 saturated carbocycles. The summed E-state index contributed by atoms with van der Waals surface area (Å²) >= 11 is 0. The third-order valence-corrected chi connectivity index (χ3v) is 4.79. The van der Waals surface area contributed by atoms with E-state index in [0.29, 0.717) is 32.6 Å². The van der Waals surface area contributed by atoms with Gasteiger partial charge >= 0.3 is 0 Å². The lowest BCUT2D eigenvalue weighted by Crippen LogP contribution is -2.54. The highest BCUT2D eigenvalue weighted by atomic mass is 16.2. The van der Waals surface area contributed by atoms with Gasteiger partial charge in [-0.25, -0.2) is 0 Å². The summed E-state index contributed by atoms with van der Waals surface area (Å²) in [5.74, 6) is 0.377. The van der Waals surface area contributed by atoms with Crippen LogP contribution < -0.4 is 5.73 Å². The van der Waals surface area contributed by atoms with E-state index in [1.165, 1.54) is 6.42 Å². The van der Waals surface area contributed by atoms with Crippen molar-refractivity contribution in [3.63, 3.8) is 0 Å². The Kier molecular flexibility index (Phi) is 5.25. The Morgan fingerprint density at radius 2 is 1.52 bits per heavy atom. The van der Waals surface area contributed by atoms with Gasteiger partial charge in [0.2, 0.25) is 11.8 Å². The van der Waals surface area contributed by atoms with Crippen LogP contribution in [0, 0.1) is 5.92 Å². The molecule has 0 spiro atoms. The summed E-state index contributed by atoms with van der Waals surface area (Å²) in [5.41, 5.74) is 6.08. The van der Waals surface area contributed by atoms with E-state index in [9.17, 15) is 9.59 Å². The first-order chi connectivity index (χ1) is 9.91. The predicted octanol–water partition coefficient (Wildman–Crippen LogP) is 1.36. The molecule has 21 heavy (non-hydrogen) atoms. The summed E-state index contributed by atoms with van der Waals surface area (Å²) in [6.45, 7) is 6.43. The molecule has 2 aliphatic rings. The lowest BCUT2D eigenvalue weighted by atomic mass is 9.80. The molecule has 2 amide bonds. The molecule has 2 N–H and O–H groups in total. The molecule has 0 aromatic carbocycles. The lowest BCUT2D eigenvalue weighted by Gasteiger charge is -2.38. The zero-order valence-corrected chi connectivity index (χ0v) is 13.4. The number of rotatable bonds is 3. The molecule has 5 heteroatoms. The van der Waals surface area contributed by atoms with E-state index in [-0.39, 0.29) is 23.3 Å². The molecule has 2 fully saturated rings. The first-order valence-electron chi connectivity index (χ1n) is 8.27. The van der Waals surface area contributed by atoms with Gasteiger partial charge in [-0.05, 0) is 12.8 Å². The Balaban J connectivity index is 1.81. The molecular weight excluding hydrogens is 266 g/mol. The number of carbonyl (C=O) groups is 2. The molecule has 2 rings (SSSR count). The normalized spacial score (nSPS) is 22.5. The van der Waals surface area contributed by atoms with E-state index in [2.05, 4.69) is 0 Å². The number of nitrogens with two attached hydrogens (primary N) is 1. The third-order valence-electron chi connectivity index (χ3n) is 4.79. The van der Waals surface area contributed by atoms with Crippen molar-refractivity contribution < 1.29 is 9.59 Å². The van der Waals surface area contributed by atoms with Crippen molar-refractivity contribution in [2.45, 2.75) is 57.9 Å². The zero-order chi connectivity index (χ0) is 15.5. The van der Waals surface area contributed by atoms with E-state index in [1.54, 1.807) is 0 Å².